The van der Waals surface area contributed by atoms with Crippen molar-refractivity contribution in [3.8, 4) is 11.5 Å². The molecule has 2 aromatic rings. The molecule has 4 rings (SSSR count). The van der Waals surface area contributed by atoms with Gasteiger partial charge in [0, 0.05) is 19.5 Å². The van der Waals surface area contributed by atoms with Gasteiger partial charge in [-0.3, -0.25) is 0 Å². The van der Waals surface area contributed by atoms with Crippen molar-refractivity contribution in [2.45, 2.75) is 38.9 Å². The molecule has 1 aromatic carbocycles. The number of aromatic nitrogens is 3. The third-order valence-corrected chi connectivity index (χ3v) is 3.99. The van der Waals surface area contributed by atoms with Crippen LogP contribution in [0.15, 0.2) is 18.2 Å². The molecule has 2 aliphatic rings. The zero-order valence-corrected chi connectivity index (χ0v) is 11.8. The first-order valence-corrected chi connectivity index (χ1v) is 7.40. The Hall–Kier alpha value is -2.08. The smallest absolute Gasteiger partial charge is 0.231 e. The van der Waals surface area contributed by atoms with Gasteiger partial charge in [-0.15, -0.1) is 10.2 Å². The van der Waals surface area contributed by atoms with Crippen molar-refractivity contribution in [2.24, 2.45) is 0 Å². The SMILES string of the molecule is c1cc2c(cc1CNCc1nnc3n1CCCC3)OCO2. The highest BCUT2D eigenvalue weighted by atomic mass is 16.7. The summed E-state index contributed by atoms with van der Waals surface area (Å²) in [7, 11) is 0. The molecule has 0 atom stereocenters. The molecule has 3 heterocycles. The fourth-order valence-electron chi connectivity index (χ4n) is 2.87. The molecule has 1 N–H and O–H groups in total. The highest BCUT2D eigenvalue weighted by molar-refractivity contribution is 5.44. The molecule has 0 fully saturated rings. The van der Waals surface area contributed by atoms with E-state index in [1.54, 1.807) is 0 Å². The summed E-state index contributed by atoms with van der Waals surface area (Å²) in [5.41, 5.74) is 1.18. The maximum absolute atomic E-state index is 5.39. The van der Waals surface area contributed by atoms with E-state index in [2.05, 4.69) is 26.1 Å². The molecular formula is C15H18N4O2. The Bertz CT molecular complexity index is 653. The van der Waals surface area contributed by atoms with Crippen molar-refractivity contribution in [3.05, 3.63) is 35.4 Å². The Kier molecular flexibility index (Phi) is 3.23. The van der Waals surface area contributed by atoms with Gasteiger partial charge in [-0.25, -0.2) is 0 Å². The minimum absolute atomic E-state index is 0.318. The molecule has 110 valence electrons. The third-order valence-electron chi connectivity index (χ3n) is 3.99. The van der Waals surface area contributed by atoms with Gasteiger partial charge < -0.3 is 19.4 Å². The molecule has 21 heavy (non-hydrogen) atoms. The Labute approximate surface area is 123 Å². The number of nitrogens with zero attached hydrogens (tertiary/aromatic N) is 3. The molecule has 0 radical (unpaired) electrons. The molecule has 1 aromatic heterocycles. The van der Waals surface area contributed by atoms with Gasteiger partial charge in [-0.1, -0.05) is 6.07 Å². The van der Waals surface area contributed by atoms with E-state index in [1.807, 2.05) is 12.1 Å². The second-order valence-corrected chi connectivity index (χ2v) is 5.43. The Balaban J connectivity index is 1.38. The van der Waals surface area contributed by atoms with Crippen LogP contribution in [0.4, 0.5) is 0 Å². The second kappa shape index (κ2) is 5.37. The van der Waals surface area contributed by atoms with Crippen molar-refractivity contribution < 1.29 is 9.47 Å². The summed E-state index contributed by atoms with van der Waals surface area (Å²) >= 11 is 0. The maximum atomic E-state index is 5.39. The second-order valence-electron chi connectivity index (χ2n) is 5.43. The van der Waals surface area contributed by atoms with Crippen molar-refractivity contribution in [1.29, 1.82) is 0 Å². The highest BCUT2D eigenvalue weighted by Crippen LogP contribution is 2.32. The lowest BCUT2D eigenvalue weighted by Crippen LogP contribution is -2.19. The molecule has 6 nitrogen and oxygen atoms in total. The minimum atomic E-state index is 0.318. The summed E-state index contributed by atoms with van der Waals surface area (Å²) in [6, 6.07) is 6.03. The van der Waals surface area contributed by atoms with Crippen LogP contribution in [0.2, 0.25) is 0 Å². The van der Waals surface area contributed by atoms with Crippen LogP contribution in [0.5, 0.6) is 11.5 Å². The van der Waals surface area contributed by atoms with Gasteiger partial charge >= 0.3 is 0 Å². The van der Waals surface area contributed by atoms with E-state index in [-0.39, 0.29) is 0 Å². The van der Waals surface area contributed by atoms with Gasteiger partial charge in [-0.2, -0.15) is 0 Å². The first-order valence-electron chi connectivity index (χ1n) is 7.40. The number of hydrogen-bond donors (Lipinski definition) is 1. The van der Waals surface area contributed by atoms with Gasteiger partial charge in [0.25, 0.3) is 0 Å². The first kappa shape index (κ1) is 12.6. The summed E-state index contributed by atoms with van der Waals surface area (Å²) in [6.07, 6.45) is 3.50. The van der Waals surface area contributed by atoms with Crippen LogP contribution in [0, 0.1) is 0 Å². The molecule has 6 heteroatoms. The van der Waals surface area contributed by atoms with E-state index in [1.165, 1.54) is 18.4 Å². The quantitative estimate of drug-likeness (QED) is 0.925. The van der Waals surface area contributed by atoms with Gasteiger partial charge in [0.05, 0.1) is 6.54 Å². The molecule has 0 amide bonds. The molecule has 0 aliphatic carbocycles. The lowest BCUT2D eigenvalue weighted by molar-refractivity contribution is 0.174. The number of fused-ring (bicyclic) bond motifs is 2. The molecule has 0 bridgehead atoms. The van der Waals surface area contributed by atoms with Crippen LogP contribution in [-0.2, 0) is 26.1 Å². The zero-order chi connectivity index (χ0) is 14.1. The molecule has 2 aliphatic heterocycles. The third kappa shape index (κ3) is 2.47. The standard InChI is InChI=1S/C15H18N4O2/c1-2-6-19-14(3-1)17-18-15(19)9-16-8-11-4-5-12-13(7-11)21-10-20-12/h4-5,7,16H,1-3,6,8-10H2. The number of ether oxygens (including phenoxy) is 2. The zero-order valence-electron chi connectivity index (χ0n) is 11.8. The maximum Gasteiger partial charge on any atom is 0.231 e. The van der Waals surface area contributed by atoms with Crippen molar-refractivity contribution >= 4 is 0 Å². The summed E-state index contributed by atoms with van der Waals surface area (Å²) < 4.78 is 13.0. The summed E-state index contributed by atoms with van der Waals surface area (Å²) in [4.78, 5) is 0. The van der Waals surface area contributed by atoms with Crippen molar-refractivity contribution in [1.82, 2.24) is 20.1 Å². The van der Waals surface area contributed by atoms with E-state index < -0.39 is 0 Å². The van der Waals surface area contributed by atoms with Gasteiger partial charge in [0.1, 0.15) is 11.6 Å². The highest BCUT2D eigenvalue weighted by Gasteiger charge is 2.16. The van der Waals surface area contributed by atoms with E-state index in [9.17, 15) is 0 Å². The Morgan fingerprint density at radius 1 is 1.10 bits per heavy atom. The lowest BCUT2D eigenvalue weighted by Gasteiger charge is -2.14. The fourth-order valence-corrected chi connectivity index (χ4v) is 2.87. The van der Waals surface area contributed by atoms with E-state index >= 15 is 0 Å². The molecule has 0 saturated heterocycles. The molecule has 0 unspecified atom stereocenters. The monoisotopic (exact) mass is 286 g/mol. The number of rotatable bonds is 4. The van der Waals surface area contributed by atoms with Gasteiger partial charge in [-0.05, 0) is 30.5 Å². The largest absolute Gasteiger partial charge is 0.454 e. The predicted molar refractivity (Wildman–Crippen MR) is 76.1 cm³/mol. The molecule has 0 saturated carbocycles. The van der Waals surface area contributed by atoms with Gasteiger partial charge in [0.15, 0.2) is 11.5 Å². The Morgan fingerprint density at radius 2 is 2.05 bits per heavy atom. The molecule has 0 spiro atoms. The fraction of sp³-hybridized carbons (Fsp3) is 0.467. The van der Waals surface area contributed by atoms with E-state index in [0.29, 0.717) is 6.79 Å². The van der Waals surface area contributed by atoms with Crippen LogP contribution in [0.1, 0.15) is 30.1 Å². The number of hydrogen-bond acceptors (Lipinski definition) is 5. The average molecular weight is 286 g/mol. The summed E-state index contributed by atoms with van der Waals surface area (Å²) in [6.45, 7) is 2.88. The number of aryl methyl sites for hydroxylation is 1. The topological polar surface area (TPSA) is 61.2 Å². The Morgan fingerprint density at radius 3 is 3.05 bits per heavy atom. The van der Waals surface area contributed by atoms with Crippen LogP contribution >= 0.6 is 0 Å². The van der Waals surface area contributed by atoms with Gasteiger partial charge in [0.2, 0.25) is 6.79 Å². The molecular weight excluding hydrogens is 268 g/mol. The van der Waals surface area contributed by atoms with E-state index in [4.69, 9.17) is 9.47 Å². The van der Waals surface area contributed by atoms with Crippen molar-refractivity contribution in [2.75, 3.05) is 6.79 Å². The van der Waals surface area contributed by atoms with Crippen LogP contribution < -0.4 is 14.8 Å². The normalized spacial score (nSPS) is 16.0. The number of benzene rings is 1. The predicted octanol–water partition coefficient (Wildman–Crippen LogP) is 1.63. The summed E-state index contributed by atoms with van der Waals surface area (Å²) in [5, 5.41) is 12.0. The number of nitrogens with one attached hydrogen (secondary N) is 1. The van der Waals surface area contributed by atoms with E-state index in [0.717, 1.165) is 49.2 Å². The minimum Gasteiger partial charge on any atom is -0.454 e. The van der Waals surface area contributed by atoms with Crippen molar-refractivity contribution in [3.63, 3.8) is 0 Å². The van der Waals surface area contributed by atoms with Crippen LogP contribution in [0.25, 0.3) is 0 Å². The lowest BCUT2D eigenvalue weighted by atomic mass is 10.1. The average Bonchev–Trinajstić information content (AvgIpc) is 3.14. The first-order chi connectivity index (χ1) is 10.4. The van der Waals surface area contributed by atoms with Crippen LogP contribution in [-0.4, -0.2) is 21.6 Å². The summed E-state index contributed by atoms with van der Waals surface area (Å²) in [5.74, 6) is 3.81. The van der Waals surface area contributed by atoms with Crippen LogP contribution in [0.3, 0.4) is 0 Å².